The Balaban J connectivity index is 2.82. The molecule has 70 valence electrons. The maximum atomic E-state index is 11.3. The second kappa shape index (κ2) is 4.77. The molecule has 0 spiro atoms. The van der Waals surface area contributed by atoms with Gasteiger partial charge >= 0.3 is 5.97 Å². The minimum absolute atomic E-state index is 0.354. The molecule has 0 aliphatic carbocycles. The first-order chi connectivity index (χ1) is 6.29. The molecule has 1 aromatic heterocycles. The molecular formula is C9H11NO2S. The molecule has 1 heterocycles. The van der Waals surface area contributed by atoms with Crippen LogP contribution in [0.4, 0.5) is 0 Å². The lowest BCUT2D eigenvalue weighted by Crippen LogP contribution is -2.17. The van der Waals surface area contributed by atoms with Gasteiger partial charge in [0, 0.05) is 7.05 Å². The van der Waals surface area contributed by atoms with Gasteiger partial charge in [-0.05, 0) is 18.4 Å². The van der Waals surface area contributed by atoms with E-state index >= 15 is 0 Å². The van der Waals surface area contributed by atoms with Crippen LogP contribution in [0.5, 0.6) is 0 Å². The second-order valence-electron chi connectivity index (χ2n) is 2.27. The van der Waals surface area contributed by atoms with Crippen molar-refractivity contribution in [3.8, 4) is 0 Å². The second-order valence-corrected chi connectivity index (χ2v) is 3.22. The Morgan fingerprint density at radius 2 is 2.46 bits per heavy atom. The SMILES string of the molecule is CCOC(=O)/C(=N\C)c1cccs1. The van der Waals surface area contributed by atoms with Crippen LogP contribution in [0, 0.1) is 0 Å². The van der Waals surface area contributed by atoms with Crippen molar-refractivity contribution in [2.24, 2.45) is 4.99 Å². The zero-order valence-electron chi connectivity index (χ0n) is 7.61. The van der Waals surface area contributed by atoms with Crippen LogP contribution in [-0.4, -0.2) is 25.3 Å². The number of hydrogen-bond acceptors (Lipinski definition) is 4. The van der Waals surface area contributed by atoms with Crippen LogP contribution in [0.15, 0.2) is 22.5 Å². The van der Waals surface area contributed by atoms with E-state index in [4.69, 9.17) is 4.74 Å². The standard InChI is InChI=1S/C9H11NO2S/c1-3-12-9(11)8(10-2)7-5-4-6-13-7/h4-6H,3H2,1-2H3/b10-8-. The molecule has 0 saturated carbocycles. The number of hydrogen-bond donors (Lipinski definition) is 0. The first-order valence-corrected chi connectivity index (χ1v) is 4.85. The Morgan fingerprint density at radius 3 is 2.92 bits per heavy atom. The predicted octanol–water partition coefficient (Wildman–Crippen LogP) is 1.73. The summed E-state index contributed by atoms with van der Waals surface area (Å²) in [7, 11) is 1.59. The molecule has 0 saturated heterocycles. The lowest BCUT2D eigenvalue weighted by atomic mass is 10.3. The topological polar surface area (TPSA) is 38.7 Å². The number of nitrogens with zero attached hydrogens (tertiary/aromatic N) is 1. The number of thiophene rings is 1. The molecular weight excluding hydrogens is 186 g/mol. The Hall–Kier alpha value is -1.16. The summed E-state index contributed by atoms with van der Waals surface area (Å²) in [5, 5.41) is 1.90. The highest BCUT2D eigenvalue weighted by Crippen LogP contribution is 2.10. The van der Waals surface area contributed by atoms with Crippen molar-refractivity contribution < 1.29 is 9.53 Å². The molecule has 0 N–H and O–H groups in total. The van der Waals surface area contributed by atoms with Gasteiger partial charge in [0.1, 0.15) is 0 Å². The van der Waals surface area contributed by atoms with Crippen LogP contribution in [0.2, 0.25) is 0 Å². The minimum atomic E-state index is -0.354. The first-order valence-electron chi connectivity index (χ1n) is 3.97. The summed E-state index contributed by atoms with van der Waals surface area (Å²) in [5.41, 5.74) is 0.400. The molecule has 0 unspecified atom stereocenters. The number of carbonyl (C=O) groups is 1. The Bertz CT molecular complexity index is 303. The van der Waals surface area contributed by atoms with Crippen molar-refractivity contribution in [1.29, 1.82) is 0 Å². The van der Waals surface area contributed by atoms with Crippen molar-refractivity contribution in [1.82, 2.24) is 0 Å². The van der Waals surface area contributed by atoms with Gasteiger partial charge in [0.2, 0.25) is 0 Å². The van der Waals surface area contributed by atoms with E-state index < -0.39 is 0 Å². The van der Waals surface area contributed by atoms with E-state index in [0.717, 1.165) is 4.88 Å². The first kappa shape index (κ1) is 9.92. The maximum absolute atomic E-state index is 11.3. The fraction of sp³-hybridized carbons (Fsp3) is 0.333. The van der Waals surface area contributed by atoms with Gasteiger partial charge in [0.15, 0.2) is 5.71 Å². The number of carbonyl (C=O) groups excluding carboxylic acids is 1. The third-order valence-electron chi connectivity index (χ3n) is 1.45. The summed E-state index contributed by atoms with van der Waals surface area (Å²) in [6.45, 7) is 2.16. The summed E-state index contributed by atoms with van der Waals surface area (Å²) < 4.78 is 4.86. The summed E-state index contributed by atoms with van der Waals surface area (Å²) in [6, 6.07) is 3.73. The minimum Gasteiger partial charge on any atom is -0.461 e. The molecule has 13 heavy (non-hydrogen) atoms. The quantitative estimate of drug-likeness (QED) is 0.546. The highest BCUT2D eigenvalue weighted by Gasteiger charge is 2.14. The molecule has 0 radical (unpaired) electrons. The molecule has 1 aromatic rings. The lowest BCUT2D eigenvalue weighted by molar-refractivity contribution is -0.134. The average Bonchev–Trinajstić information content (AvgIpc) is 2.59. The summed E-state index contributed by atoms with van der Waals surface area (Å²) >= 11 is 1.48. The Morgan fingerprint density at radius 1 is 1.69 bits per heavy atom. The maximum Gasteiger partial charge on any atom is 0.357 e. The van der Waals surface area contributed by atoms with Gasteiger partial charge in [0.05, 0.1) is 11.5 Å². The van der Waals surface area contributed by atoms with Crippen LogP contribution in [0.25, 0.3) is 0 Å². The smallest absolute Gasteiger partial charge is 0.357 e. The van der Waals surface area contributed by atoms with Crippen molar-refractivity contribution in [2.45, 2.75) is 6.92 Å². The normalized spacial score (nSPS) is 11.4. The zero-order chi connectivity index (χ0) is 9.68. The van der Waals surface area contributed by atoms with Crippen LogP contribution < -0.4 is 0 Å². The van der Waals surface area contributed by atoms with E-state index in [1.165, 1.54) is 11.3 Å². The van der Waals surface area contributed by atoms with Gasteiger partial charge < -0.3 is 4.74 Å². The van der Waals surface area contributed by atoms with E-state index in [0.29, 0.717) is 12.3 Å². The number of aliphatic imine (C=N–C) groups is 1. The van der Waals surface area contributed by atoms with Crippen molar-refractivity contribution in [3.63, 3.8) is 0 Å². The third kappa shape index (κ3) is 2.39. The number of rotatable bonds is 3. The fourth-order valence-electron chi connectivity index (χ4n) is 0.915. The van der Waals surface area contributed by atoms with Crippen LogP contribution in [0.1, 0.15) is 11.8 Å². The zero-order valence-corrected chi connectivity index (χ0v) is 8.43. The molecule has 0 bridgehead atoms. The van der Waals surface area contributed by atoms with Crippen molar-refractivity contribution in [2.75, 3.05) is 13.7 Å². The third-order valence-corrected chi connectivity index (χ3v) is 2.32. The van der Waals surface area contributed by atoms with Crippen molar-refractivity contribution >= 4 is 23.0 Å². The predicted molar refractivity (Wildman–Crippen MR) is 53.4 cm³/mol. The summed E-state index contributed by atoms with van der Waals surface area (Å²) in [5.74, 6) is -0.354. The number of ether oxygens (including phenoxy) is 1. The largest absolute Gasteiger partial charge is 0.461 e. The van der Waals surface area contributed by atoms with Gasteiger partial charge in [-0.15, -0.1) is 11.3 Å². The van der Waals surface area contributed by atoms with E-state index in [1.807, 2.05) is 17.5 Å². The van der Waals surface area contributed by atoms with Crippen LogP contribution >= 0.6 is 11.3 Å². The van der Waals surface area contributed by atoms with Gasteiger partial charge in [-0.25, -0.2) is 4.79 Å². The van der Waals surface area contributed by atoms with Crippen LogP contribution in [0.3, 0.4) is 0 Å². The van der Waals surface area contributed by atoms with Crippen molar-refractivity contribution in [3.05, 3.63) is 22.4 Å². The molecule has 1 rings (SSSR count). The summed E-state index contributed by atoms with van der Waals surface area (Å²) in [6.07, 6.45) is 0. The monoisotopic (exact) mass is 197 g/mol. The Labute approximate surface area is 81.1 Å². The van der Waals surface area contributed by atoms with Gasteiger partial charge in [-0.1, -0.05) is 6.07 Å². The molecule has 0 aromatic carbocycles. The molecule has 3 nitrogen and oxygen atoms in total. The van der Waals surface area contributed by atoms with Gasteiger partial charge in [-0.2, -0.15) is 0 Å². The van der Waals surface area contributed by atoms with E-state index in [2.05, 4.69) is 4.99 Å². The van der Waals surface area contributed by atoms with Gasteiger partial charge in [0.25, 0.3) is 0 Å². The molecule has 0 aliphatic rings. The highest BCUT2D eigenvalue weighted by molar-refractivity contribution is 7.13. The number of esters is 1. The van der Waals surface area contributed by atoms with Crippen LogP contribution in [-0.2, 0) is 9.53 Å². The average molecular weight is 197 g/mol. The molecule has 0 aliphatic heterocycles. The molecule has 0 fully saturated rings. The summed E-state index contributed by atoms with van der Waals surface area (Å²) in [4.78, 5) is 16.1. The molecule has 4 heteroatoms. The Kier molecular flexibility index (Phi) is 3.64. The molecule has 0 atom stereocenters. The molecule has 0 amide bonds. The van der Waals surface area contributed by atoms with E-state index in [9.17, 15) is 4.79 Å². The lowest BCUT2D eigenvalue weighted by Gasteiger charge is -2.01. The fourth-order valence-corrected chi connectivity index (χ4v) is 1.66. The van der Waals surface area contributed by atoms with E-state index in [-0.39, 0.29) is 5.97 Å². The highest BCUT2D eigenvalue weighted by atomic mass is 32.1. The van der Waals surface area contributed by atoms with E-state index in [1.54, 1.807) is 14.0 Å². The van der Waals surface area contributed by atoms with Gasteiger partial charge in [-0.3, -0.25) is 4.99 Å².